The van der Waals surface area contributed by atoms with E-state index < -0.39 is 0 Å². The van der Waals surface area contributed by atoms with Crippen LogP contribution in [0.25, 0.3) is 0 Å². The first-order valence-corrected chi connectivity index (χ1v) is 9.50. The SMILES string of the molecule is CCOC(=O)c1cc(CC)sc1N1CC(CSC(C)=O)CC1=O. The van der Waals surface area contributed by atoms with Gasteiger partial charge in [-0.05, 0) is 25.3 Å². The Balaban J connectivity index is 2.20. The van der Waals surface area contributed by atoms with Crippen LogP contribution >= 0.6 is 23.1 Å². The van der Waals surface area contributed by atoms with Crippen molar-refractivity contribution in [3.63, 3.8) is 0 Å². The molecular weight excluding hydrogens is 334 g/mol. The molecule has 1 aromatic rings. The summed E-state index contributed by atoms with van der Waals surface area (Å²) in [5, 5.41) is 0.744. The van der Waals surface area contributed by atoms with Gasteiger partial charge in [0.2, 0.25) is 5.91 Å². The minimum absolute atomic E-state index is 0.00852. The topological polar surface area (TPSA) is 63.7 Å². The van der Waals surface area contributed by atoms with Crippen molar-refractivity contribution in [2.75, 3.05) is 23.8 Å². The van der Waals surface area contributed by atoms with Crippen LogP contribution in [0.2, 0.25) is 0 Å². The van der Waals surface area contributed by atoms with Crippen LogP contribution in [0, 0.1) is 5.92 Å². The van der Waals surface area contributed by atoms with Crippen molar-refractivity contribution in [3.05, 3.63) is 16.5 Å². The molecule has 1 unspecified atom stereocenters. The second kappa shape index (κ2) is 7.97. The standard InChI is InChI=1S/C16H21NO4S2/c1-4-12-7-13(16(20)21-5-2)15(23-12)17-8-11(6-14(17)19)9-22-10(3)18/h7,11H,4-6,8-9H2,1-3H3. The fraction of sp³-hybridized carbons (Fsp3) is 0.562. The van der Waals surface area contributed by atoms with E-state index in [1.165, 1.54) is 30.0 Å². The van der Waals surface area contributed by atoms with Gasteiger partial charge < -0.3 is 9.64 Å². The van der Waals surface area contributed by atoms with Crippen molar-refractivity contribution in [1.82, 2.24) is 0 Å². The lowest BCUT2D eigenvalue weighted by Gasteiger charge is -2.16. The van der Waals surface area contributed by atoms with Crippen LogP contribution in [-0.2, 0) is 20.7 Å². The summed E-state index contributed by atoms with van der Waals surface area (Å²) < 4.78 is 5.11. The molecule has 0 radical (unpaired) electrons. The highest BCUT2D eigenvalue weighted by molar-refractivity contribution is 8.13. The van der Waals surface area contributed by atoms with Crippen LogP contribution in [0.3, 0.4) is 0 Å². The second-order valence-electron chi connectivity index (χ2n) is 5.38. The number of hydrogen-bond acceptors (Lipinski definition) is 6. The first-order chi connectivity index (χ1) is 11.0. The van der Waals surface area contributed by atoms with Gasteiger partial charge in [0, 0.05) is 30.5 Å². The maximum atomic E-state index is 12.3. The van der Waals surface area contributed by atoms with Gasteiger partial charge in [-0.25, -0.2) is 4.79 Å². The monoisotopic (exact) mass is 355 g/mol. The fourth-order valence-electron chi connectivity index (χ4n) is 2.49. The molecule has 23 heavy (non-hydrogen) atoms. The number of anilines is 1. The van der Waals surface area contributed by atoms with Crippen LogP contribution in [0.4, 0.5) is 5.00 Å². The van der Waals surface area contributed by atoms with E-state index in [4.69, 9.17) is 4.74 Å². The molecule has 2 heterocycles. The van der Waals surface area contributed by atoms with Crippen LogP contribution in [0.1, 0.15) is 42.4 Å². The van der Waals surface area contributed by atoms with Crippen molar-refractivity contribution in [2.45, 2.75) is 33.6 Å². The van der Waals surface area contributed by atoms with Crippen molar-refractivity contribution < 1.29 is 19.1 Å². The smallest absolute Gasteiger partial charge is 0.341 e. The van der Waals surface area contributed by atoms with E-state index in [9.17, 15) is 14.4 Å². The predicted octanol–water partition coefficient (Wildman–Crippen LogP) is 3.12. The number of carbonyl (C=O) groups is 3. The molecule has 1 saturated heterocycles. The Morgan fingerprint density at radius 3 is 2.78 bits per heavy atom. The zero-order valence-electron chi connectivity index (χ0n) is 13.6. The highest BCUT2D eigenvalue weighted by atomic mass is 32.2. The van der Waals surface area contributed by atoms with Gasteiger partial charge >= 0.3 is 5.97 Å². The number of rotatable bonds is 6. The summed E-state index contributed by atoms with van der Waals surface area (Å²) in [6.45, 7) is 6.17. The Morgan fingerprint density at radius 2 is 2.17 bits per heavy atom. The third-order valence-corrected chi connectivity index (χ3v) is 5.93. The van der Waals surface area contributed by atoms with E-state index in [2.05, 4.69) is 0 Å². The molecule has 1 atom stereocenters. The molecule has 1 amide bonds. The summed E-state index contributed by atoms with van der Waals surface area (Å²) in [5.74, 6) is 0.402. The minimum atomic E-state index is -0.382. The Kier molecular flexibility index (Phi) is 6.24. The first kappa shape index (κ1) is 18.0. The van der Waals surface area contributed by atoms with Crippen LogP contribution in [-0.4, -0.2) is 35.9 Å². The first-order valence-electron chi connectivity index (χ1n) is 7.69. The number of nitrogens with zero attached hydrogens (tertiary/aromatic N) is 1. The molecule has 0 aliphatic carbocycles. The number of thiophene rings is 1. The maximum absolute atomic E-state index is 12.3. The Bertz CT molecular complexity index is 611. The highest BCUT2D eigenvalue weighted by Gasteiger charge is 2.34. The molecule has 0 spiro atoms. The summed E-state index contributed by atoms with van der Waals surface area (Å²) in [6, 6.07) is 1.82. The predicted molar refractivity (Wildman–Crippen MR) is 93.3 cm³/mol. The van der Waals surface area contributed by atoms with Crippen molar-refractivity contribution in [2.24, 2.45) is 5.92 Å². The van der Waals surface area contributed by atoms with Crippen LogP contribution in [0.15, 0.2) is 6.07 Å². The lowest BCUT2D eigenvalue weighted by atomic mass is 10.1. The van der Waals surface area contributed by atoms with Gasteiger partial charge in [-0.15, -0.1) is 11.3 Å². The Hall–Kier alpha value is -1.34. The number of thioether (sulfide) groups is 1. The third kappa shape index (κ3) is 4.35. The van der Waals surface area contributed by atoms with Gasteiger partial charge in [0.15, 0.2) is 5.12 Å². The quantitative estimate of drug-likeness (QED) is 0.734. The number of carbonyl (C=O) groups excluding carboxylic acids is 3. The zero-order chi connectivity index (χ0) is 17.0. The van der Waals surface area contributed by atoms with Crippen LogP contribution in [0.5, 0.6) is 0 Å². The van der Waals surface area contributed by atoms with Crippen molar-refractivity contribution >= 4 is 45.1 Å². The van der Waals surface area contributed by atoms with Gasteiger partial charge in [0.1, 0.15) is 5.00 Å². The van der Waals surface area contributed by atoms with Crippen molar-refractivity contribution in [3.8, 4) is 0 Å². The molecule has 0 aromatic carbocycles. The summed E-state index contributed by atoms with van der Waals surface area (Å²) in [4.78, 5) is 38.3. The number of ether oxygens (including phenoxy) is 1. The molecular formula is C16H21NO4S2. The number of hydrogen-bond donors (Lipinski definition) is 0. The largest absolute Gasteiger partial charge is 0.462 e. The summed E-state index contributed by atoms with van der Waals surface area (Å²) >= 11 is 2.72. The van der Waals surface area contributed by atoms with Gasteiger partial charge in [0.25, 0.3) is 0 Å². The average Bonchev–Trinajstić information content (AvgIpc) is 3.08. The molecule has 2 rings (SSSR count). The molecule has 1 aliphatic heterocycles. The Labute approximate surface area is 144 Å². The van der Waals surface area contributed by atoms with E-state index in [-0.39, 0.29) is 22.9 Å². The lowest BCUT2D eigenvalue weighted by molar-refractivity contribution is -0.117. The molecule has 1 fully saturated rings. The van der Waals surface area contributed by atoms with Crippen molar-refractivity contribution in [1.29, 1.82) is 0 Å². The molecule has 0 N–H and O–H groups in total. The normalized spacial score (nSPS) is 17.6. The van der Waals surface area contributed by atoms with E-state index in [1.807, 2.05) is 13.0 Å². The average molecular weight is 355 g/mol. The molecule has 7 heteroatoms. The molecule has 1 aliphatic rings. The lowest BCUT2D eigenvalue weighted by Crippen LogP contribution is -2.25. The fourth-order valence-corrected chi connectivity index (χ4v) is 4.29. The molecule has 1 aromatic heterocycles. The second-order valence-corrected chi connectivity index (χ2v) is 7.69. The van der Waals surface area contributed by atoms with Gasteiger partial charge in [0.05, 0.1) is 12.2 Å². The van der Waals surface area contributed by atoms with Gasteiger partial charge in [-0.1, -0.05) is 18.7 Å². The van der Waals surface area contributed by atoms with E-state index in [0.717, 1.165) is 11.3 Å². The highest BCUT2D eigenvalue weighted by Crippen LogP contribution is 2.37. The number of esters is 1. The molecule has 126 valence electrons. The number of amides is 1. The van der Waals surface area contributed by atoms with Gasteiger partial charge in [-0.2, -0.15) is 0 Å². The summed E-state index contributed by atoms with van der Waals surface area (Å²) in [7, 11) is 0. The van der Waals surface area contributed by atoms with Crippen LogP contribution < -0.4 is 4.90 Å². The minimum Gasteiger partial charge on any atom is -0.462 e. The Morgan fingerprint density at radius 1 is 1.43 bits per heavy atom. The zero-order valence-corrected chi connectivity index (χ0v) is 15.2. The summed E-state index contributed by atoms with van der Waals surface area (Å²) in [5.41, 5.74) is 0.474. The van der Waals surface area contributed by atoms with E-state index in [1.54, 1.807) is 11.8 Å². The maximum Gasteiger partial charge on any atom is 0.341 e. The van der Waals surface area contributed by atoms with E-state index >= 15 is 0 Å². The number of aryl methyl sites for hydroxylation is 1. The molecule has 5 nitrogen and oxygen atoms in total. The summed E-state index contributed by atoms with van der Waals surface area (Å²) in [6.07, 6.45) is 1.23. The van der Waals surface area contributed by atoms with Gasteiger partial charge in [-0.3, -0.25) is 9.59 Å². The molecule has 0 saturated carbocycles. The molecule has 0 bridgehead atoms. The third-order valence-electron chi connectivity index (χ3n) is 3.58. The van der Waals surface area contributed by atoms with E-state index in [0.29, 0.717) is 35.9 Å².